The number of halogens is 1. The second kappa shape index (κ2) is 7.45. The SMILES string of the molecule is Cc1ccc(N)cc1-c1cc(Cl)nc(N(CCO)CCO)c1. The lowest BCUT2D eigenvalue weighted by Crippen LogP contribution is -2.30. The van der Waals surface area contributed by atoms with Crippen molar-refractivity contribution in [2.45, 2.75) is 6.92 Å². The number of benzene rings is 1. The van der Waals surface area contributed by atoms with E-state index in [1.807, 2.05) is 31.2 Å². The fourth-order valence-corrected chi connectivity index (χ4v) is 2.54. The molecule has 0 unspecified atom stereocenters. The molecule has 0 fully saturated rings. The van der Waals surface area contributed by atoms with E-state index in [4.69, 9.17) is 27.5 Å². The van der Waals surface area contributed by atoms with Gasteiger partial charge in [0.15, 0.2) is 0 Å². The van der Waals surface area contributed by atoms with Gasteiger partial charge in [0.1, 0.15) is 11.0 Å². The molecule has 0 bridgehead atoms. The zero-order valence-corrected chi connectivity index (χ0v) is 13.2. The zero-order valence-electron chi connectivity index (χ0n) is 12.5. The Kier molecular flexibility index (Phi) is 5.60. The average molecular weight is 322 g/mol. The Morgan fingerprint density at radius 2 is 1.82 bits per heavy atom. The van der Waals surface area contributed by atoms with Gasteiger partial charge in [-0.3, -0.25) is 0 Å². The van der Waals surface area contributed by atoms with E-state index in [0.29, 0.717) is 29.7 Å². The number of aliphatic hydroxyl groups excluding tert-OH is 2. The van der Waals surface area contributed by atoms with Gasteiger partial charge in [0.25, 0.3) is 0 Å². The van der Waals surface area contributed by atoms with Gasteiger partial charge in [0.05, 0.1) is 13.2 Å². The minimum atomic E-state index is -0.0269. The third kappa shape index (κ3) is 3.88. The number of nitrogen functional groups attached to an aromatic ring is 1. The van der Waals surface area contributed by atoms with Gasteiger partial charge in [-0.15, -0.1) is 0 Å². The first kappa shape index (κ1) is 16.5. The lowest BCUT2D eigenvalue weighted by atomic mass is 10.0. The number of hydrogen-bond donors (Lipinski definition) is 3. The number of aliphatic hydroxyl groups is 2. The second-order valence-corrected chi connectivity index (χ2v) is 5.43. The molecule has 0 saturated heterocycles. The molecule has 2 aromatic rings. The Morgan fingerprint density at radius 1 is 1.14 bits per heavy atom. The molecule has 0 aliphatic heterocycles. The van der Waals surface area contributed by atoms with Gasteiger partial charge in [-0.25, -0.2) is 4.98 Å². The van der Waals surface area contributed by atoms with E-state index < -0.39 is 0 Å². The number of aryl methyl sites for hydroxylation is 1. The van der Waals surface area contributed by atoms with Crippen LogP contribution in [0, 0.1) is 6.92 Å². The molecule has 1 heterocycles. The van der Waals surface area contributed by atoms with Gasteiger partial charge in [-0.05, 0) is 47.9 Å². The summed E-state index contributed by atoms with van der Waals surface area (Å²) in [5.74, 6) is 0.618. The molecule has 0 saturated carbocycles. The van der Waals surface area contributed by atoms with Crippen LogP contribution >= 0.6 is 11.6 Å². The highest BCUT2D eigenvalue weighted by molar-refractivity contribution is 6.29. The molecule has 0 aliphatic carbocycles. The number of nitrogens with zero attached hydrogens (tertiary/aromatic N) is 2. The van der Waals surface area contributed by atoms with E-state index in [9.17, 15) is 0 Å². The number of anilines is 2. The Labute approximate surface area is 135 Å². The van der Waals surface area contributed by atoms with Crippen molar-refractivity contribution < 1.29 is 10.2 Å². The molecule has 6 heteroatoms. The molecule has 0 radical (unpaired) electrons. The van der Waals surface area contributed by atoms with Crippen LogP contribution in [0.25, 0.3) is 11.1 Å². The van der Waals surface area contributed by atoms with Crippen molar-refractivity contribution in [2.75, 3.05) is 36.9 Å². The summed E-state index contributed by atoms with van der Waals surface area (Å²) in [4.78, 5) is 6.08. The minimum Gasteiger partial charge on any atom is -0.399 e. The predicted molar refractivity (Wildman–Crippen MR) is 90.2 cm³/mol. The molecular weight excluding hydrogens is 302 g/mol. The van der Waals surface area contributed by atoms with Crippen LogP contribution in [0.1, 0.15) is 5.56 Å². The number of nitrogens with two attached hydrogens (primary N) is 1. The molecule has 0 spiro atoms. The molecule has 118 valence electrons. The van der Waals surface area contributed by atoms with Crippen molar-refractivity contribution in [3.63, 3.8) is 0 Å². The third-order valence-electron chi connectivity index (χ3n) is 3.42. The van der Waals surface area contributed by atoms with Crippen LogP contribution in [0.3, 0.4) is 0 Å². The molecule has 1 aromatic carbocycles. The maximum Gasteiger partial charge on any atom is 0.132 e. The summed E-state index contributed by atoms with van der Waals surface area (Å²) >= 11 is 6.14. The van der Waals surface area contributed by atoms with Gasteiger partial charge in [-0.2, -0.15) is 0 Å². The Hall–Kier alpha value is -1.82. The van der Waals surface area contributed by atoms with Crippen molar-refractivity contribution in [2.24, 2.45) is 0 Å². The minimum absolute atomic E-state index is 0.0269. The summed E-state index contributed by atoms with van der Waals surface area (Å²) in [6, 6.07) is 9.37. The third-order valence-corrected chi connectivity index (χ3v) is 3.61. The van der Waals surface area contributed by atoms with Gasteiger partial charge >= 0.3 is 0 Å². The molecule has 0 aliphatic rings. The standard InChI is InChI=1S/C16H20ClN3O2/c1-11-2-3-13(18)10-14(11)12-8-15(17)19-16(9-12)20(4-6-21)5-7-22/h2-3,8-10,21-22H,4-7,18H2,1H3. The van der Waals surface area contributed by atoms with Crippen molar-refractivity contribution in [3.05, 3.63) is 41.0 Å². The monoisotopic (exact) mass is 321 g/mol. The Morgan fingerprint density at radius 3 is 2.45 bits per heavy atom. The molecule has 4 N–H and O–H groups in total. The number of pyridine rings is 1. The van der Waals surface area contributed by atoms with Crippen LogP contribution in [0.4, 0.5) is 11.5 Å². The quantitative estimate of drug-likeness (QED) is 0.560. The lowest BCUT2D eigenvalue weighted by molar-refractivity contribution is 0.280. The summed E-state index contributed by atoms with van der Waals surface area (Å²) < 4.78 is 0. The van der Waals surface area contributed by atoms with Gasteiger partial charge in [0.2, 0.25) is 0 Å². The molecule has 0 amide bonds. The summed E-state index contributed by atoms with van der Waals surface area (Å²) in [7, 11) is 0. The first-order valence-electron chi connectivity index (χ1n) is 7.06. The topological polar surface area (TPSA) is 82.6 Å². The Bertz CT molecular complexity index is 643. The van der Waals surface area contributed by atoms with E-state index in [0.717, 1.165) is 16.7 Å². The molecular formula is C16H20ClN3O2. The van der Waals surface area contributed by atoms with Crippen molar-refractivity contribution in [1.29, 1.82) is 0 Å². The highest BCUT2D eigenvalue weighted by Crippen LogP contribution is 2.30. The van der Waals surface area contributed by atoms with Gasteiger partial charge in [-0.1, -0.05) is 17.7 Å². The molecule has 5 nitrogen and oxygen atoms in total. The average Bonchev–Trinajstić information content (AvgIpc) is 2.49. The molecule has 1 aromatic heterocycles. The summed E-state index contributed by atoms with van der Waals surface area (Å²) in [6.45, 7) is 2.70. The smallest absolute Gasteiger partial charge is 0.132 e. The normalized spacial score (nSPS) is 10.7. The number of rotatable bonds is 6. The molecule has 22 heavy (non-hydrogen) atoms. The Balaban J connectivity index is 2.47. The number of hydrogen-bond acceptors (Lipinski definition) is 5. The molecule has 0 atom stereocenters. The zero-order chi connectivity index (χ0) is 16.1. The van der Waals surface area contributed by atoms with Crippen LogP contribution in [0.5, 0.6) is 0 Å². The van der Waals surface area contributed by atoms with E-state index in [1.165, 1.54) is 0 Å². The first-order valence-corrected chi connectivity index (χ1v) is 7.43. The van der Waals surface area contributed by atoms with Crippen molar-refractivity contribution >= 4 is 23.1 Å². The predicted octanol–water partition coefficient (Wildman–Crippen LogP) is 2.08. The second-order valence-electron chi connectivity index (χ2n) is 5.05. The summed E-state index contributed by atoms with van der Waals surface area (Å²) in [6.07, 6.45) is 0. The van der Waals surface area contributed by atoms with Gasteiger partial charge in [0, 0.05) is 18.8 Å². The summed E-state index contributed by atoms with van der Waals surface area (Å²) in [5.41, 5.74) is 9.52. The highest BCUT2D eigenvalue weighted by Gasteiger charge is 2.12. The first-order chi connectivity index (χ1) is 10.5. The van der Waals surface area contributed by atoms with Crippen LogP contribution in [0.15, 0.2) is 30.3 Å². The van der Waals surface area contributed by atoms with E-state index >= 15 is 0 Å². The van der Waals surface area contributed by atoms with Crippen LogP contribution in [0.2, 0.25) is 5.15 Å². The lowest BCUT2D eigenvalue weighted by Gasteiger charge is -2.22. The van der Waals surface area contributed by atoms with Crippen molar-refractivity contribution in [1.82, 2.24) is 4.98 Å². The van der Waals surface area contributed by atoms with Crippen LogP contribution in [-0.4, -0.2) is 41.5 Å². The van der Waals surface area contributed by atoms with Crippen LogP contribution in [-0.2, 0) is 0 Å². The largest absolute Gasteiger partial charge is 0.399 e. The fourth-order valence-electron chi connectivity index (χ4n) is 2.33. The maximum atomic E-state index is 9.16. The number of aromatic nitrogens is 1. The summed E-state index contributed by atoms with van der Waals surface area (Å²) in [5, 5.41) is 18.7. The molecule has 2 rings (SSSR count). The highest BCUT2D eigenvalue weighted by atomic mass is 35.5. The van der Waals surface area contributed by atoms with Gasteiger partial charge < -0.3 is 20.8 Å². The van der Waals surface area contributed by atoms with Crippen LogP contribution < -0.4 is 10.6 Å². The maximum absolute atomic E-state index is 9.16. The fraction of sp³-hybridized carbons (Fsp3) is 0.312. The van der Waals surface area contributed by atoms with E-state index in [-0.39, 0.29) is 13.2 Å². The van der Waals surface area contributed by atoms with E-state index in [1.54, 1.807) is 11.0 Å². The van der Waals surface area contributed by atoms with E-state index in [2.05, 4.69) is 4.98 Å². The van der Waals surface area contributed by atoms with Crippen molar-refractivity contribution in [3.8, 4) is 11.1 Å².